The summed E-state index contributed by atoms with van der Waals surface area (Å²) in [5.41, 5.74) is 1.27. The standard InChI is InChI=1S/C32H42N2O7S3Si.C22H28O5Si.C16H24N2O7S3.C10H16N2O4S3.CH4/c1-8-33-27-19-21(2)43(37,38)31-26(27)20-28(42-31)44(39,40)34-30(36)22(3)29(35)23(4)41-45(32(5,6)7,24-15-11-9-12-16-24)25-17-13-10-14-18-25;1-16(20(23)24)26-21(25)17(2)27-28(22(3,4)5,18-12-8-6-9-13-18)19-14-10-7-11-15-19;1-5-17-12-6-8(2)27(22,23)16-11(12)7-13(26-16)28(24,25)18-15(21)9(3)14(20)10(4)19;1-3-12-8-4-6(2)18(13,14)10-7(8)5-9(17-10)19(11,15)16;/h9-18,20-23,27,33H,8,19H2,1-7H3,(H,34,36);6-17H,1-5H3,(H,23,24);7-10,12,17,19H,5-6H2,1-4H3,(H,18,21);5-6,8,12H,3-4H2,1-2H3,(H2,11,15,16);1H4/t21-,22+,23-,27-;16-,17+;8-,9+,10-,12-;6-,8-;/m0100./s1. The molecule has 9 N–H and O–H groups in total. The van der Waals surface area contributed by atoms with Gasteiger partial charge in [0.25, 0.3) is 36.7 Å². The zero-order valence-electron chi connectivity index (χ0n) is 70.2. The number of benzene rings is 4. The lowest BCUT2D eigenvalue weighted by Gasteiger charge is -2.44. The van der Waals surface area contributed by atoms with Crippen LogP contribution in [0.3, 0.4) is 0 Å². The summed E-state index contributed by atoms with van der Waals surface area (Å²) in [7, 11) is -29.6. The third-order valence-electron chi connectivity index (χ3n) is 20.9. The number of amides is 2. The maximum atomic E-state index is 13.7. The number of rotatable bonds is 28. The molecule has 121 heavy (non-hydrogen) atoms. The van der Waals surface area contributed by atoms with Crippen molar-refractivity contribution in [2.24, 2.45) is 17.0 Å². The summed E-state index contributed by atoms with van der Waals surface area (Å²) in [4.78, 5) is 74.4. The van der Waals surface area contributed by atoms with Gasteiger partial charge < -0.3 is 39.8 Å². The average molecular weight is 1880 g/mol. The van der Waals surface area contributed by atoms with E-state index in [0.29, 0.717) is 78.3 Å². The van der Waals surface area contributed by atoms with E-state index in [-0.39, 0.29) is 55.8 Å². The van der Waals surface area contributed by atoms with Crippen LogP contribution in [0.4, 0.5) is 0 Å². The number of primary sulfonamides is 1. The van der Waals surface area contributed by atoms with E-state index in [1.165, 1.54) is 45.9 Å². The minimum Gasteiger partial charge on any atom is -0.479 e. The summed E-state index contributed by atoms with van der Waals surface area (Å²) in [6.45, 7) is 33.1. The summed E-state index contributed by atoms with van der Waals surface area (Å²) in [6, 6.07) is 42.5. The molecule has 0 fully saturated rings. The van der Waals surface area contributed by atoms with Gasteiger partial charge in [0.05, 0.1) is 27.6 Å². The van der Waals surface area contributed by atoms with E-state index in [2.05, 4.69) is 57.5 Å². The molecule has 29 nitrogen and oxygen atoms in total. The number of carbonyl (C=O) groups is 6. The third kappa shape index (κ3) is 23.0. The molecule has 3 aliphatic rings. The normalized spacial score (nSPS) is 20.1. The Morgan fingerprint density at radius 3 is 1.01 bits per heavy atom. The van der Waals surface area contributed by atoms with Crippen LogP contribution in [0.2, 0.25) is 10.1 Å². The van der Waals surface area contributed by atoms with Crippen molar-refractivity contribution in [1.82, 2.24) is 25.4 Å². The summed E-state index contributed by atoms with van der Waals surface area (Å²) < 4.78 is 172. The summed E-state index contributed by atoms with van der Waals surface area (Å²) in [5.74, 6) is -8.08. The number of fused-ring (bicyclic) bond motifs is 3. The third-order valence-corrected chi connectivity index (χ3v) is 47.9. The second-order valence-electron chi connectivity index (χ2n) is 31.7. The highest BCUT2D eigenvalue weighted by molar-refractivity contribution is 7.97. The smallest absolute Gasteiger partial charge is 0.344 e. The van der Waals surface area contributed by atoms with Gasteiger partial charge in [-0.25, -0.2) is 74.7 Å². The number of ketones is 2. The molecule has 7 aromatic rings. The van der Waals surface area contributed by atoms with Gasteiger partial charge in [0, 0.05) is 34.8 Å². The number of nitrogens with two attached hydrogens (primary N) is 1. The van der Waals surface area contributed by atoms with Crippen LogP contribution in [-0.2, 0) is 102 Å². The van der Waals surface area contributed by atoms with Gasteiger partial charge in [0.15, 0.2) is 47.2 Å². The van der Waals surface area contributed by atoms with E-state index in [9.17, 15) is 84.4 Å². The van der Waals surface area contributed by atoms with E-state index in [0.717, 1.165) is 32.1 Å². The van der Waals surface area contributed by atoms with Crippen LogP contribution >= 0.6 is 34.0 Å². The van der Waals surface area contributed by atoms with E-state index < -0.39 is 169 Å². The predicted molar refractivity (Wildman–Crippen MR) is 474 cm³/mol. The van der Waals surface area contributed by atoms with Crippen molar-refractivity contribution in [2.45, 2.75) is 245 Å². The number of thiophene rings is 3. The molecular weight excluding hydrogens is 1770 g/mol. The van der Waals surface area contributed by atoms with Gasteiger partial charge in [-0.3, -0.25) is 19.2 Å². The number of sulfonamides is 3. The Labute approximate surface area is 726 Å². The fourth-order valence-electron chi connectivity index (χ4n) is 14.4. The van der Waals surface area contributed by atoms with Gasteiger partial charge in [-0.2, -0.15) is 0 Å². The van der Waals surface area contributed by atoms with Crippen molar-refractivity contribution in [3.63, 3.8) is 0 Å². The molecule has 3 aromatic heterocycles. The Hall–Kier alpha value is -6.95. The van der Waals surface area contributed by atoms with Crippen LogP contribution in [0.15, 0.2) is 165 Å². The van der Waals surface area contributed by atoms with Gasteiger partial charge in [0.2, 0.25) is 21.8 Å². The monoisotopic (exact) mass is 1880 g/mol. The van der Waals surface area contributed by atoms with Crippen LogP contribution in [0, 0.1) is 11.8 Å². The molecule has 0 unspecified atom stereocenters. The molecule has 0 bridgehead atoms. The van der Waals surface area contributed by atoms with Gasteiger partial charge in [-0.1, -0.05) is 191 Å². The number of aliphatic hydroxyl groups is 1. The zero-order chi connectivity index (χ0) is 90.2. The highest BCUT2D eigenvalue weighted by Gasteiger charge is 2.54. The average Bonchev–Trinajstić information content (AvgIpc) is 1.69. The number of sulfone groups is 3. The molecule has 2 amide bonds. The lowest BCUT2D eigenvalue weighted by Crippen LogP contribution is -2.68. The molecule has 10 rings (SSSR count). The maximum absolute atomic E-state index is 13.7. The Bertz CT molecular complexity index is 5470. The first kappa shape index (κ1) is 103. The number of aliphatic carboxylic acids is 1. The van der Waals surface area contributed by atoms with Gasteiger partial charge in [0.1, 0.15) is 43.6 Å². The number of nitrogens with one attached hydrogen (secondary N) is 5. The Balaban J connectivity index is 0.000000261. The number of Topliss-reactive ketones (excluding diaryl/α,β-unsaturated/α-hetero) is 2. The van der Waals surface area contributed by atoms with E-state index >= 15 is 0 Å². The zero-order valence-corrected chi connectivity index (χ0v) is 79.5. The van der Waals surface area contributed by atoms with Crippen LogP contribution in [-0.4, -0.2) is 172 Å². The molecule has 0 saturated carbocycles. The molecule has 40 heteroatoms. The molecule has 0 saturated heterocycles. The van der Waals surface area contributed by atoms with E-state index in [4.69, 9.17) is 23.8 Å². The van der Waals surface area contributed by atoms with Crippen molar-refractivity contribution in [1.29, 1.82) is 0 Å². The number of ether oxygens (including phenoxy) is 1. The second-order valence-corrected chi connectivity index (χ2v) is 56.7. The number of aliphatic hydroxyl groups excluding tert-OH is 1. The van der Waals surface area contributed by atoms with Crippen LogP contribution in [0.1, 0.15) is 186 Å². The number of carbonyl (C=O) groups excluding carboxylic acids is 5. The van der Waals surface area contributed by atoms with Gasteiger partial charge in [-0.05, 0) is 150 Å². The molecule has 6 heterocycles. The number of carboxylic acid groups (broad SMARTS) is 1. The Morgan fingerprint density at radius 2 is 0.744 bits per heavy atom. The maximum Gasteiger partial charge on any atom is 0.344 e. The van der Waals surface area contributed by atoms with Crippen molar-refractivity contribution < 1.29 is 103 Å². The lowest BCUT2D eigenvalue weighted by atomic mass is 10.0. The van der Waals surface area contributed by atoms with Crippen LogP contribution in [0.5, 0.6) is 0 Å². The molecule has 12 atom stereocenters. The second kappa shape index (κ2) is 41.0. The summed E-state index contributed by atoms with van der Waals surface area (Å²) >= 11 is 1.95. The molecular formula is C81H114N6O23S9Si2. The molecule has 0 spiro atoms. The summed E-state index contributed by atoms with van der Waals surface area (Å²) in [5, 5.41) is 34.3. The first-order chi connectivity index (χ1) is 55.6. The fraction of sp³-hybridized carbons (Fsp3) is 0.481. The predicted octanol–water partition coefficient (Wildman–Crippen LogP) is 8.51. The quantitative estimate of drug-likeness (QED) is 0.0129. The Kier molecular flexibility index (Phi) is 34.9. The first-order valence-corrected chi connectivity index (χ1v) is 54.2. The van der Waals surface area contributed by atoms with Gasteiger partial charge >= 0.3 is 11.9 Å². The van der Waals surface area contributed by atoms with Crippen LogP contribution in [0.25, 0.3) is 0 Å². The van der Waals surface area contributed by atoms with Gasteiger partial charge in [-0.15, -0.1) is 34.0 Å². The molecule has 3 aliphatic heterocycles. The minimum absolute atomic E-state index is 0. The first-order valence-electron chi connectivity index (χ1n) is 38.8. The number of carboxylic acids is 1. The minimum atomic E-state index is -4.47. The lowest BCUT2D eigenvalue weighted by molar-refractivity contribution is -0.167. The highest BCUT2D eigenvalue weighted by atomic mass is 32.3. The number of esters is 1. The van der Waals surface area contributed by atoms with Crippen molar-refractivity contribution >= 4 is 166 Å². The van der Waals surface area contributed by atoms with Crippen LogP contribution < -0.4 is 51.3 Å². The SMILES string of the molecule is C.CCN[C@H]1C[C@H](C)S(=O)(=O)c2sc(S(=O)(=O)NC(=O)[C@H](C)C(=O)[C@H](C)O)cc21.CCN[C@H]1C[C@H](C)S(=O)(=O)c2sc(S(=O)(=O)NC(=O)[C@H](C)C(=O)[C@H](C)O[Si](c3ccccc3)(c3ccccc3)C(C)(C)C)cc21.CCN[C@H]1C[C@H](C)S(=O)(=O)c2sc(S(N)(=O)=O)cc21.C[C@H](O[Si](c1ccccc1)(c1ccccc1)C(C)(C)C)C(=O)O[C@H](C)C(=O)O. The number of hydrogen-bond acceptors (Lipinski definition) is 28. The largest absolute Gasteiger partial charge is 0.479 e. The fourth-order valence-corrected chi connectivity index (χ4v) is 38.2. The van der Waals surface area contributed by atoms with Crippen molar-refractivity contribution in [2.75, 3.05) is 19.6 Å². The molecule has 0 aliphatic carbocycles. The molecule has 4 aromatic carbocycles. The topological polar surface area (TPSA) is 462 Å². The highest BCUT2D eigenvalue weighted by Crippen LogP contribution is 2.47. The van der Waals surface area contributed by atoms with Crippen molar-refractivity contribution in [3.05, 3.63) is 156 Å². The van der Waals surface area contributed by atoms with Crippen molar-refractivity contribution in [3.8, 4) is 0 Å². The molecule has 668 valence electrons. The Morgan fingerprint density at radius 1 is 0.471 bits per heavy atom. The number of hydrogen-bond donors (Lipinski definition) is 8. The summed E-state index contributed by atoms with van der Waals surface area (Å²) in [6.07, 6.45) is -3.53. The molecule has 0 radical (unpaired) electrons. The van der Waals surface area contributed by atoms with E-state index in [1.807, 2.05) is 147 Å². The van der Waals surface area contributed by atoms with E-state index in [1.54, 1.807) is 39.3 Å².